The van der Waals surface area contributed by atoms with Crippen molar-refractivity contribution in [2.75, 3.05) is 14.2 Å². The molecule has 0 aliphatic carbocycles. The van der Waals surface area contributed by atoms with Crippen LogP contribution in [0.15, 0.2) is 30.4 Å². The quantitative estimate of drug-likeness (QED) is 0.768. The Morgan fingerprint density at radius 1 is 1.59 bits per heavy atom. The first-order valence-corrected chi connectivity index (χ1v) is 5.00. The summed E-state index contributed by atoms with van der Waals surface area (Å²) in [7, 11) is 3.05. The van der Waals surface area contributed by atoms with Crippen LogP contribution in [0.4, 0.5) is 4.39 Å². The summed E-state index contributed by atoms with van der Waals surface area (Å²) in [5.41, 5.74) is 0.628. The standard InChI is InChI=1S/C12H14FNO3/c1-14-10(4-6-12(15)16)8-3-5-11(17-2)9(13)7-8/h3-7,10,14H,1-2H3,(H,15,16)/b6-4+. The number of methoxy groups -OCH3 is 1. The van der Waals surface area contributed by atoms with Gasteiger partial charge in [-0.15, -0.1) is 0 Å². The average Bonchev–Trinajstić information content (AvgIpc) is 2.29. The van der Waals surface area contributed by atoms with Crippen LogP contribution in [0.2, 0.25) is 0 Å². The molecule has 0 aliphatic heterocycles. The van der Waals surface area contributed by atoms with Gasteiger partial charge in [0.25, 0.3) is 0 Å². The van der Waals surface area contributed by atoms with E-state index in [1.165, 1.54) is 25.3 Å². The monoisotopic (exact) mass is 239 g/mol. The van der Waals surface area contributed by atoms with Gasteiger partial charge in [0.1, 0.15) is 0 Å². The Balaban J connectivity index is 2.96. The van der Waals surface area contributed by atoms with Gasteiger partial charge in [0.2, 0.25) is 0 Å². The molecule has 0 aromatic heterocycles. The van der Waals surface area contributed by atoms with Crippen molar-refractivity contribution < 1.29 is 19.0 Å². The molecular formula is C12H14FNO3. The van der Waals surface area contributed by atoms with E-state index in [0.717, 1.165) is 6.08 Å². The lowest BCUT2D eigenvalue weighted by Gasteiger charge is -2.13. The summed E-state index contributed by atoms with van der Waals surface area (Å²) in [6.07, 6.45) is 2.47. The van der Waals surface area contributed by atoms with Gasteiger partial charge in [-0.2, -0.15) is 0 Å². The molecule has 0 radical (unpaired) electrons. The van der Waals surface area contributed by atoms with E-state index >= 15 is 0 Å². The van der Waals surface area contributed by atoms with Gasteiger partial charge < -0.3 is 15.2 Å². The van der Waals surface area contributed by atoms with Crippen LogP contribution in [-0.4, -0.2) is 25.2 Å². The van der Waals surface area contributed by atoms with E-state index in [4.69, 9.17) is 9.84 Å². The molecule has 5 heteroatoms. The highest BCUT2D eigenvalue weighted by atomic mass is 19.1. The van der Waals surface area contributed by atoms with Crippen LogP contribution < -0.4 is 10.1 Å². The van der Waals surface area contributed by atoms with Crippen LogP contribution >= 0.6 is 0 Å². The Morgan fingerprint density at radius 3 is 2.76 bits per heavy atom. The van der Waals surface area contributed by atoms with Crippen molar-refractivity contribution in [2.24, 2.45) is 0 Å². The van der Waals surface area contributed by atoms with Gasteiger partial charge in [-0.3, -0.25) is 0 Å². The molecule has 0 aliphatic rings. The van der Waals surface area contributed by atoms with Crippen molar-refractivity contribution in [1.29, 1.82) is 0 Å². The fraction of sp³-hybridized carbons (Fsp3) is 0.250. The number of carbonyl (C=O) groups is 1. The molecule has 1 unspecified atom stereocenters. The van der Waals surface area contributed by atoms with Crippen molar-refractivity contribution in [3.05, 3.63) is 41.7 Å². The van der Waals surface area contributed by atoms with Crippen LogP contribution in [0.5, 0.6) is 5.75 Å². The second-order valence-electron chi connectivity index (χ2n) is 3.36. The maximum Gasteiger partial charge on any atom is 0.328 e. The molecule has 1 rings (SSSR count). The lowest BCUT2D eigenvalue weighted by molar-refractivity contribution is -0.131. The lowest BCUT2D eigenvalue weighted by atomic mass is 10.1. The van der Waals surface area contributed by atoms with Gasteiger partial charge in [0.05, 0.1) is 13.2 Å². The number of ether oxygens (including phenoxy) is 1. The Bertz CT molecular complexity index is 432. The van der Waals surface area contributed by atoms with Crippen LogP contribution in [0.25, 0.3) is 0 Å². The number of halogens is 1. The third-order valence-corrected chi connectivity index (χ3v) is 2.28. The zero-order valence-corrected chi connectivity index (χ0v) is 9.61. The van der Waals surface area contributed by atoms with Gasteiger partial charge in [-0.05, 0) is 24.7 Å². The molecular weight excluding hydrogens is 225 g/mol. The first-order valence-electron chi connectivity index (χ1n) is 5.00. The van der Waals surface area contributed by atoms with Crippen molar-refractivity contribution in [1.82, 2.24) is 5.32 Å². The number of hydrogen-bond acceptors (Lipinski definition) is 3. The predicted molar refractivity (Wildman–Crippen MR) is 61.5 cm³/mol. The van der Waals surface area contributed by atoms with E-state index in [-0.39, 0.29) is 11.8 Å². The molecule has 2 N–H and O–H groups in total. The van der Waals surface area contributed by atoms with Crippen molar-refractivity contribution in [2.45, 2.75) is 6.04 Å². The van der Waals surface area contributed by atoms with Crippen LogP contribution in [0, 0.1) is 5.82 Å². The number of carboxylic acids is 1. The summed E-state index contributed by atoms with van der Waals surface area (Å²) in [5.74, 6) is -1.36. The molecule has 92 valence electrons. The first kappa shape index (κ1) is 13.2. The number of aliphatic carboxylic acids is 1. The first-order chi connectivity index (χ1) is 8.08. The third kappa shape index (κ3) is 3.57. The minimum Gasteiger partial charge on any atom is -0.494 e. The highest BCUT2D eigenvalue weighted by Gasteiger charge is 2.09. The van der Waals surface area contributed by atoms with E-state index in [1.54, 1.807) is 13.1 Å². The largest absolute Gasteiger partial charge is 0.494 e. The van der Waals surface area contributed by atoms with E-state index in [9.17, 15) is 9.18 Å². The number of nitrogens with one attached hydrogen (secondary N) is 1. The number of benzene rings is 1. The minimum atomic E-state index is -1.04. The van der Waals surface area contributed by atoms with Crippen LogP contribution in [-0.2, 0) is 4.79 Å². The topological polar surface area (TPSA) is 58.6 Å². The zero-order chi connectivity index (χ0) is 12.8. The summed E-state index contributed by atoms with van der Waals surface area (Å²) in [6, 6.07) is 4.14. The van der Waals surface area contributed by atoms with Gasteiger partial charge >= 0.3 is 5.97 Å². The second kappa shape index (κ2) is 6.00. The van der Waals surface area contributed by atoms with E-state index in [0.29, 0.717) is 5.56 Å². The lowest BCUT2D eigenvalue weighted by Crippen LogP contribution is -2.14. The highest BCUT2D eigenvalue weighted by Crippen LogP contribution is 2.22. The molecule has 0 fully saturated rings. The molecule has 1 aromatic carbocycles. The number of likely N-dealkylation sites (N-methyl/N-ethyl adjacent to an activating group) is 1. The molecule has 1 aromatic rings. The number of rotatable bonds is 5. The fourth-order valence-electron chi connectivity index (χ4n) is 1.43. The van der Waals surface area contributed by atoms with Gasteiger partial charge in [-0.25, -0.2) is 9.18 Å². The fourth-order valence-corrected chi connectivity index (χ4v) is 1.43. The van der Waals surface area contributed by atoms with Crippen molar-refractivity contribution >= 4 is 5.97 Å². The molecule has 0 heterocycles. The summed E-state index contributed by atoms with van der Waals surface area (Å²) >= 11 is 0. The molecule has 0 saturated carbocycles. The van der Waals surface area contributed by atoms with Gasteiger partial charge in [0.15, 0.2) is 11.6 Å². The summed E-state index contributed by atoms with van der Waals surface area (Å²) in [6.45, 7) is 0. The SMILES string of the molecule is CNC(/C=C/C(=O)O)c1ccc(OC)c(F)c1. The Labute approximate surface area is 98.7 Å². The molecule has 0 spiro atoms. The molecule has 1 atom stereocenters. The summed E-state index contributed by atoms with van der Waals surface area (Å²) < 4.78 is 18.3. The van der Waals surface area contributed by atoms with Crippen LogP contribution in [0.1, 0.15) is 11.6 Å². The Morgan fingerprint density at radius 2 is 2.29 bits per heavy atom. The van der Waals surface area contributed by atoms with Crippen molar-refractivity contribution in [3.63, 3.8) is 0 Å². The normalized spacial score (nSPS) is 12.6. The minimum absolute atomic E-state index is 0.158. The third-order valence-electron chi connectivity index (χ3n) is 2.28. The summed E-state index contributed by atoms with van der Waals surface area (Å²) in [5, 5.41) is 11.4. The predicted octanol–water partition coefficient (Wildman–Crippen LogP) is 1.74. The Hall–Kier alpha value is -1.88. The van der Waals surface area contributed by atoms with Gasteiger partial charge in [-0.1, -0.05) is 12.1 Å². The van der Waals surface area contributed by atoms with E-state index in [2.05, 4.69) is 5.32 Å². The number of carboxylic acid groups (broad SMARTS) is 1. The van der Waals surface area contributed by atoms with Crippen LogP contribution in [0.3, 0.4) is 0 Å². The van der Waals surface area contributed by atoms with E-state index < -0.39 is 11.8 Å². The highest BCUT2D eigenvalue weighted by molar-refractivity contribution is 5.79. The molecule has 0 amide bonds. The molecule has 4 nitrogen and oxygen atoms in total. The Kier molecular flexibility index (Phi) is 4.66. The maximum absolute atomic E-state index is 13.5. The van der Waals surface area contributed by atoms with E-state index in [1.807, 2.05) is 0 Å². The number of hydrogen-bond donors (Lipinski definition) is 2. The summed E-state index contributed by atoms with van der Waals surface area (Å²) in [4.78, 5) is 10.4. The zero-order valence-electron chi connectivity index (χ0n) is 9.61. The smallest absolute Gasteiger partial charge is 0.328 e. The average molecular weight is 239 g/mol. The maximum atomic E-state index is 13.5. The molecule has 17 heavy (non-hydrogen) atoms. The molecule has 0 saturated heterocycles. The van der Waals surface area contributed by atoms with Crippen molar-refractivity contribution in [3.8, 4) is 5.75 Å². The second-order valence-corrected chi connectivity index (χ2v) is 3.36. The van der Waals surface area contributed by atoms with Gasteiger partial charge in [0, 0.05) is 6.08 Å². The molecule has 0 bridgehead atoms.